The van der Waals surface area contributed by atoms with Gasteiger partial charge in [0.15, 0.2) is 5.65 Å². The lowest BCUT2D eigenvalue weighted by molar-refractivity contribution is 0.281. The summed E-state index contributed by atoms with van der Waals surface area (Å²) in [7, 11) is 0. The molecule has 3 rings (SSSR count). The third kappa shape index (κ3) is 1.28. The van der Waals surface area contributed by atoms with Crippen LogP contribution in [0.15, 0.2) is 12.3 Å². The van der Waals surface area contributed by atoms with Crippen molar-refractivity contribution >= 4 is 11.5 Å². The van der Waals surface area contributed by atoms with E-state index in [9.17, 15) is 0 Å². The average molecular weight is 218 g/mol. The summed E-state index contributed by atoms with van der Waals surface area (Å²) in [5, 5.41) is 13.6. The van der Waals surface area contributed by atoms with Crippen molar-refractivity contribution in [3.05, 3.63) is 23.5 Å². The van der Waals surface area contributed by atoms with E-state index in [1.807, 2.05) is 6.07 Å². The summed E-state index contributed by atoms with van der Waals surface area (Å²) in [6.07, 6.45) is 5.30. The van der Waals surface area contributed by atoms with Crippen molar-refractivity contribution in [2.45, 2.75) is 31.8 Å². The van der Waals surface area contributed by atoms with Crippen molar-refractivity contribution in [2.75, 3.05) is 5.73 Å². The molecule has 0 unspecified atom stereocenters. The zero-order valence-electron chi connectivity index (χ0n) is 8.93. The molecule has 0 spiro atoms. The first kappa shape index (κ1) is 9.59. The monoisotopic (exact) mass is 218 g/mol. The van der Waals surface area contributed by atoms with Gasteiger partial charge in [-0.3, -0.25) is 0 Å². The SMILES string of the molecule is Nc1c(CO)cnc2cc(C3CCC3)nn12. The van der Waals surface area contributed by atoms with E-state index >= 15 is 0 Å². The molecule has 1 aliphatic rings. The Labute approximate surface area is 92.9 Å². The third-order valence-electron chi connectivity index (χ3n) is 3.31. The molecule has 2 aromatic heterocycles. The molecule has 1 aliphatic carbocycles. The molecule has 16 heavy (non-hydrogen) atoms. The maximum absolute atomic E-state index is 9.09. The van der Waals surface area contributed by atoms with Gasteiger partial charge < -0.3 is 10.8 Å². The Kier molecular flexibility index (Phi) is 2.07. The lowest BCUT2D eigenvalue weighted by Crippen LogP contribution is -2.10. The number of aliphatic hydroxyl groups is 1. The zero-order chi connectivity index (χ0) is 11.1. The minimum Gasteiger partial charge on any atom is -0.391 e. The molecule has 0 aliphatic heterocycles. The maximum Gasteiger partial charge on any atom is 0.157 e. The molecule has 5 nitrogen and oxygen atoms in total. The highest BCUT2D eigenvalue weighted by Gasteiger charge is 2.23. The number of anilines is 1. The van der Waals surface area contributed by atoms with Crippen molar-refractivity contribution in [1.29, 1.82) is 0 Å². The molecule has 1 fully saturated rings. The molecule has 0 aromatic carbocycles. The first-order valence-electron chi connectivity index (χ1n) is 5.53. The summed E-state index contributed by atoms with van der Waals surface area (Å²) >= 11 is 0. The summed E-state index contributed by atoms with van der Waals surface area (Å²) < 4.78 is 1.62. The van der Waals surface area contributed by atoms with Crippen LogP contribution in [-0.4, -0.2) is 19.7 Å². The highest BCUT2D eigenvalue weighted by atomic mass is 16.3. The fourth-order valence-electron chi connectivity index (χ4n) is 2.03. The number of hydrogen-bond acceptors (Lipinski definition) is 4. The smallest absolute Gasteiger partial charge is 0.157 e. The van der Waals surface area contributed by atoms with Crippen molar-refractivity contribution < 1.29 is 5.11 Å². The predicted molar refractivity (Wildman–Crippen MR) is 59.9 cm³/mol. The van der Waals surface area contributed by atoms with Gasteiger partial charge in [-0.05, 0) is 12.8 Å². The summed E-state index contributed by atoms with van der Waals surface area (Å²) in [5.41, 5.74) is 8.35. The lowest BCUT2D eigenvalue weighted by Gasteiger charge is -2.22. The van der Waals surface area contributed by atoms with E-state index in [4.69, 9.17) is 10.8 Å². The van der Waals surface area contributed by atoms with Crippen LogP contribution >= 0.6 is 0 Å². The Morgan fingerprint density at radius 2 is 2.31 bits per heavy atom. The van der Waals surface area contributed by atoms with Gasteiger partial charge in [0.25, 0.3) is 0 Å². The topological polar surface area (TPSA) is 76.4 Å². The first-order valence-corrected chi connectivity index (χ1v) is 5.53. The molecule has 1 saturated carbocycles. The standard InChI is InChI=1S/C11H14N4O/c12-11-8(6-16)5-13-10-4-9(14-15(10)11)7-2-1-3-7/h4-5,7,16H,1-3,6,12H2. The van der Waals surface area contributed by atoms with Gasteiger partial charge >= 0.3 is 0 Å². The van der Waals surface area contributed by atoms with E-state index in [1.54, 1.807) is 10.7 Å². The fraction of sp³-hybridized carbons (Fsp3) is 0.455. The van der Waals surface area contributed by atoms with E-state index < -0.39 is 0 Å². The fourth-order valence-corrected chi connectivity index (χ4v) is 2.03. The maximum atomic E-state index is 9.09. The third-order valence-corrected chi connectivity index (χ3v) is 3.31. The van der Waals surface area contributed by atoms with Gasteiger partial charge in [0.2, 0.25) is 0 Å². The molecule has 2 heterocycles. The number of fused-ring (bicyclic) bond motifs is 1. The van der Waals surface area contributed by atoms with Gasteiger partial charge in [-0.1, -0.05) is 6.42 Å². The molecule has 2 aromatic rings. The van der Waals surface area contributed by atoms with Crippen LogP contribution < -0.4 is 5.73 Å². The van der Waals surface area contributed by atoms with Crippen LogP contribution in [-0.2, 0) is 6.61 Å². The van der Waals surface area contributed by atoms with Crippen molar-refractivity contribution in [3.63, 3.8) is 0 Å². The Morgan fingerprint density at radius 3 is 2.94 bits per heavy atom. The van der Waals surface area contributed by atoms with Gasteiger partial charge in [0.05, 0.1) is 12.3 Å². The molecule has 0 amide bonds. The molecule has 0 saturated heterocycles. The van der Waals surface area contributed by atoms with Gasteiger partial charge in [-0.15, -0.1) is 0 Å². The lowest BCUT2D eigenvalue weighted by atomic mass is 9.83. The molecule has 0 bridgehead atoms. The van der Waals surface area contributed by atoms with Gasteiger partial charge in [0.1, 0.15) is 5.82 Å². The minimum absolute atomic E-state index is 0.104. The Balaban J connectivity index is 2.12. The van der Waals surface area contributed by atoms with Crippen LogP contribution in [0.1, 0.15) is 36.4 Å². The van der Waals surface area contributed by atoms with Crippen LogP contribution in [0.5, 0.6) is 0 Å². The molecule has 5 heteroatoms. The van der Waals surface area contributed by atoms with E-state index in [0.717, 1.165) is 11.3 Å². The van der Waals surface area contributed by atoms with Crippen LogP contribution in [0.2, 0.25) is 0 Å². The number of aliphatic hydroxyl groups excluding tert-OH is 1. The second-order valence-corrected chi connectivity index (χ2v) is 4.29. The number of nitrogens with two attached hydrogens (primary N) is 1. The number of rotatable bonds is 2. The van der Waals surface area contributed by atoms with Crippen LogP contribution in [0.4, 0.5) is 5.82 Å². The highest BCUT2D eigenvalue weighted by molar-refractivity contribution is 5.50. The quantitative estimate of drug-likeness (QED) is 0.790. The van der Waals surface area contributed by atoms with E-state index in [1.165, 1.54) is 19.3 Å². The largest absolute Gasteiger partial charge is 0.391 e. The molecular formula is C11H14N4O. The number of nitrogen functional groups attached to an aromatic ring is 1. The number of hydrogen-bond donors (Lipinski definition) is 2. The summed E-state index contributed by atoms with van der Waals surface area (Å²) in [4.78, 5) is 4.23. The van der Waals surface area contributed by atoms with Crippen LogP contribution in [0.3, 0.4) is 0 Å². The number of aromatic nitrogens is 3. The average Bonchev–Trinajstić information content (AvgIpc) is 2.60. The molecule has 84 valence electrons. The summed E-state index contributed by atoms with van der Waals surface area (Å²) in [6, 6.07) is 1.99. The molecule has 3 N–H and O–H groups in total. The Hall–Kier alpha value is -1.62. The van der Waals surface area contributed by atoms with E-state index in [0.29, 0.717) is 17.3 Å². The second-order valence-electron chi connectivity index (χ2n) is 4.29. The zero-order valence-corrected chi connectivity index (χ0v) is 8.93. The van der Waals surface area contributed by atoms with Crippen molar-refractivity contribution in [2.24, 2.45) is 0 Å². The van der Waals surface area contributed by atoms with Crippen LogP contribution in [0, 0.1) is 0 Å². The number of nitrogens with zero attached hydrogens (tertiary/aromatic N) is 3. The summed E-state index contributed by atoms with van der Waals surface area (Å²) in [5.74, 6) is 1.05. The summed E-state index contributed by atoms with van der Waals surface area (Å²) in [6.45, 7) is -0.104. The van der Waals surface area contributed by atoms with Crippen LogP contribution in [0.25, 0.3) is 5.65 Å². The van der Waals surface area contributed by atoms with Gasteiger partial charge in [0, 0.05) is 23.7 Å². The first-order chi connectivity index (χ1) is 7.79. The van der Waals surface area contributed by atoms with Crippen molar-refractivity contribution in [1.82, 2.24) is 14.6 Å². The molecule has 0 atom stereocenters. The molecular weight excluding hydrogens is 204 g/mol. The van der Waals surface area contributed by atoms with Gasteiger partial charge in [-0.25, -0.2) is 4.98 Å². The highest BCUT2D eigenvalue weighted by Crippen LogP contribution is 2.35. The Morgan fingerprint density at radius 1 is 1.50 bits per heavy atom. The Bertz CT molecular complexity index is 530. The van der Waals surface area contributed by atoms with Crippen molar-refractivity contribution in [3.8, 4) is 0 Å². The normalized spacial score (nSPS) is 16.6. The van der Waals surface area contributed by atoms with E-state index in [2.05, 4.69) is 10.1 Å². The predicted octanol–water partition coefficient (Wildman–Crippen LogP) is 1.07. The van der Waals surface area contributed by atoms with Gasteiger partial charge in [-0.2, -0.15) is 9.61 Å². The second kappa shape index (κ2) is 3.45. The molecule has 0 radical (unpaired) electrons. The minimum atomic E-state index is -0.104. The van der Waals surface area contributed by atoms with E-state index in [-0.39, 0.29) is 6.61 Å².